The maximum Gasteiger partial charge on any atom is 0.248 e. The second kappa shape index (κ2) is 8.80. The maximum atomic E-state index is 13.7. The number of benzene rings is 2. The molecule has 30 heavy (non-hydrogen) atoms. The molecule has 10 heteroatoms. The molecule has 0 unspecified atom stereocenters. The fourth-order valence-corrected chi connectivity index (χ4v) is 5.02. The minimum atomic E-state index is -4.04. The van der Waals surface area contributed by atoms with Gasteiger partial charge in [0.2, 0.25) is 21.8 Å². The van der Waals surface area contributed by atoms with Gasteiger partial charge >= 0.3 is 0 Å². The second-order valence-corrected chi connectivity index (χ2v) is 8.83. The minimum absolute atomic E-state index is 0.0345. The van der Waals surface area contributed by atoms with Crippen LogP contribution in [0.4, 0.5) is 10.1 Å². The number of anilines is 1. The third-order valence-electron chi connectivity index (χ3n) is 4.94. The summed E-state index contributed by atoms with van der Waals surface area (Å²) in [5.41, 5.74) is 5.98. The summed E-state index contributed by atoms with van der Waals surface area (Å²) in [5, 5.41) is 2.72. The highest BCUT2D eigenvalue weighted by atomic mass is 32.2. The van der Waals surface area contributed by atoms with Crippen LogP contribution in [-0.2, 0) is 14.8 Å². The first-order valence-corrected chi connectivity index (χ1v) is 10.7. The van der Waals surface area contributed by atoms with E-state index < -0.39 is 27.7 Å². The number of carbonyl (C=O) groups excluding carboxylic acids is 2. The van der Waals surface area contributed by atoms with E-state index >= 15 is 0 Å². The number of nitrogens with one attached hydrogen (secondary N) is 1. The van der Waals surface area contributed by atoms with Crippen LogP contribution >= 0.6 is 0 Å². The minimum Gasteiger partial charge on any atom is -0.495 e. The van der Waals surface area contributed by atoms with Gasteiger partial charge in [-0.2, -0.15) is 4.31 Å². The molecule has 0 aromatic heterocycles. The number of halogens is 1. The summed E-state index contributed by atoms with van der Waals surface area (Å²) in [6.45, 7) is 0.187. The van der Waals surface area contributed by atoms with E-state index in [9.17, 15) is 22.4 Å². The number of methoxy groups -OCH3 is 1. The Balaban J connectivity index is 1.75. The Bertz CT molecular complexity index is 1060. The number of piperidine rings is 1. The number of nitrogens with zero attached hydrogens (tertiary/aromatic N) is 1. The number of hydrogen-bond donors (Lipinski definition) is 2. The van der Waals surface area contributed by atoms with Gasteiger partial charge in [0.25, 0.3) is 0 Å². The third-order valence-corrected chi connectivity index (χ3v) is 6.82. The molecule has 0 aliphatic carbocycles. The Hall–Kier alpha value is -2.98. The van der Waals surface area contributed by atoms with E-state index in [0.29, 0.717) is 24.1 Å². The highest BCUT2D eigenvalue weighted by molar-refractivity contribution is 7.89. The van der Waals surface area contributed by atoms with Gasteiger partial charge in [0.1, 0.15) is 16.5 Å². The molecule has 0 spiro atoms. The first-order valence-electron chi connectivity index (χ1n) is 9.27. The summed E-state index contributed by atoms with van der Waals surface area (Å²) >= 11 is 0. The van der Waals surface area contributed by atoms with E-state index in [4.69, 9.17) is 10.5 Å². The van der Waals surface area contributed by atoms with Crippen LogP contribution in [0.3, 0.4) is 0 Å². The molecule has 1 aliphatic heterocycles. The number of carbonyl (C=O) groups is 2. The van der Waals surface area contributed by atoms with Crippen LogP contribution in [0.2, 0.25) is 0 Å². The fraction of sp³-hybridized carbons (Fsp3) is 0.300. The van der Waals surface area contributed by atoms with Gasteiger partial charge < -0.3 is 15.8 Å². The first-order chi connectivity index (χ1) is 14.2. The van der Waals surface area contributed by atoms with Crippen LogP contribution in [-0.4, -0.2) is 44.7 Å². The van der Waals surface area contributed by atoms with Gasteiger partial charge in [0, 0.05) is 24.3 Å². The lowest BCUT2D eigenvalue weighted by Gasteiger charge is -2.31. The normalized spacial score (nSPS) is 17.3. The zero-order valence-corrected chi connectivity index (χ0v) is 17.1. The van der Waals surface area contributed by atoms with Gasteiger partial charge in [0.15, 0.2) is 0 Å². The number of primary amides is 1. The Labute approximate surface area is 173 Å². The molecule has 2 aromatic carbocycles. The van der Waals surface area contributed by atoms with E-state index in [-0.39, 0.29) is 29.6 Å². The van der Waals surface area contributed by atoms with Crippen LogP contribution in [0, 0.1) is 11.7 Å². The van der Waals surface area contributed by atoms with Crippen molar-refractivity contribution in [3.05, 3.63) is 53.8 Å². The van der Waals surface area contributed by atoms with Gasteiger partial charge in [-0.3, -0.25) is 9.59 Å². The molecule has 3 N–H and O–H groups in total. The van der Waals surface area contributed by atoms with E-state index in [2.05, 4.69) is 5.32 Å². The predicted molar refractivity (Wildman–Crippen MR) is 108 cm³/mol. The van der Waals surface area contributed by atoms with Crippen molar-refractivity contribution in [2.24, 2.45) is 11.7 Å². The molecule has 2 amide bonds. The molecule has 8 nitrogen and oxygen atoms in total. The summed E-state index contributed by atoms with van der Waals surface area (Å²) < 4.78 is 46.0. The lowest BCUT2D eigenvalue weighted by Crippen LogP contribution is -2.43. The monoisotopic (exact) mass is 435 g/mol. The second-order valence-electron chi connectivity index (χ2n) is 6.93. The molecule has 3 rings (SSSR count). The Morgan fingerprint density at radius 3 is 2.53 bits per heavy atom. The summed E-state index contributed by atoms with van der Waals surface area (Å²) in [5.74, 6) is -2.15. The standard InChI is InChI=1S/C20H22FN3O5S/c1-29-17-9-6-15(21)11-18(17)30(27,28)24-10-2-3-14(12-24)20(26)23-16-7-4-13(5-8-16)19(22)25/h4-9,11,14H,2-3,10,12H2,1H3,(H2,22,25)(H,23,26)/t14-/m1/s1. The number of rotatable bonds is 6. The smallest absolute Gasteiger partial charge is 0.248 e. The van der Waals surface area contributed by atoms with Crippen molar-refractivity contribution >= 4 is 27.5 Å². The van der Waals surface area contributed by atoms with Crippen molar-refractivity contribution in [2.75, 3.05) is 25.5 Å². The van der Waals surface area contributed by atoms with E-state index in [1.807, 2.05) is 0 Å². The molecule has 160 valence electrons. The van der Waals surface area contributed by atoms with E-state index in [1.54, 1.807) is 12.1 Å². The number of amides is 2. The van der Waals surface area contributed by atoms with Gasteiger partial charge in [0.05, 0.1) is 13.0 Å². The van der Waals surface area contributed by atoms with Crippen molar-refractivity contribution in [3.8, 4) is 5.75 Å². The molecule has 1 saturated heterocycles. The molecular weight excluding hydrogens is 413 g/mol. The number of nitrogens with two attached hydrogens (primary N) is 1. The molecule has 2 aromatic rings. The van der Waals surface area contributed by atoms with E-state index in [0.717, 1.165) is 12.1 Å². The molecule has 1 aliphatic rings. The lowest BCUT2D eigenvalue weighted by molar-refractivity contribution is -0.120. The molecular formula is C20H22FN3O5S. The lowest BCUT2D eigenvalue weighted by atomic mass is 9.98. The maximum absolute atomic E-state index is 13.7. The third kappa shape index (κ3) is 4.60. The number of ether oxygens (including phenoxy) is 1. The summed E-state index contributed by atoms with van der Waals surface area (Å²) in [7, 11) is -2.74. The van der Waals surface area contributed by atoms with Gasteiger partial charge in [-0.15, -0.1) is 0 Å². The quantitative estimate of drug-likeness (QED) is 0.719. The largest absolute Gasteiger partial charge is 0.495 e. The van der Waals surface area contributed by atoms with Gasteiger partial charge in [-0.05, 0) is 55.3 Å². The van der Waals surface area contributed by atoms with Crippen molar-refractivity contribution in [3.63, 3.8) is 0 Å². The highest BCUT2D eigenvalue weighted by Gasteiger charge is 2.35. The van der Waals surface area contributed by atoms with E-state index in [1.165, 1.54) is 29.6 Å². The van der Waals surface area contributed by atoms with Gasteiger partial charge in [-0.25, -0.2) is 12.8 Å². The zero-order chi connectivity index (χ0) is 21.9. The molecule has 1 heterocycles. The average molecular weight is 435 g/mol. The predicted octanol–water partition coefficient (Wildman–Crippen LogP) is 1.97. The Morgan fingerprint density at radius 1 is 1.20 bits per heavy atom. The van der Waals surface area contributed by atoms with Crippen LogP contribution in [0.1, 0.15) is 23.2 Å². The number of sulfonamides is 1. The Morgan fingerprint density at radius 2 is 1.90 bits per heavy atom. The Kier molecular flexibility index (Phi) is 6.37. The summed E-state index contributed by atoms with van der Waals surface area (Å²) in [4.78, 5) is 23.5. The van der Waals surface area contributed by atoms with Crippen molar-refractivity contribution in [2.45, 2.75) is 17.7 Å². The number of hydrogen-bond acceptors (Lipinski definition) is 5. The van der Waals surface area contributed by atoms with Crippen LogP contribution < -0.4 is 15.8 Å². The molecule has 1 atom stereocenters. The van der Waals surface area contributed by atoms with Crippen LogP contribution in [0.5, 0.6) is 5.75 Å². The summed E-state index contributed by atoms with van der Waals surface area (Å²) in [6.07, 6.45) is 0.993. The van der Waals surface area contributed by atoms with Gasteiger partial charge in [-0.1, -0.05) is 0 Å². The molecule has 0 bridgehead atoms. The van der Waals surface area contributed by atoms with Crippen molar-refractivity contribution in [1.82, 2.24) is 4.31 Å². The molecule has 0 saturated carbocycles. The molecule has 0 radical (unpaired) electrons. The first kappa shape index (κ1) is 21.7. The average Bonchev–Trinajstić information content (AvgIpc) is 2.74. The SMILES string of the molecule is COc1ccc(F)cc1S(=O)(=O)N1CCC[C@@H](C(=O)Nc2ccc(C(N)=O)cc2)C1. The topological polar surface area (TPSA) is 119 Å². The van der Waals surface area contributed by atoms with Crippen LogP contribution in [0.25, 0.3) is 0 Å². The van der Waals surface area contributed by atoms with Crippen molar-refractivity contribution < 1.29 is 27.1 Å². The fourth-order valence-electron chi connectivity index (χ4n) is 3.33. The molecule has 1 fully saturated rings. The van der Waals surface area contributed by atoms with Crippen LogP contribution in [0.15, 0.2) is 47.4 Å². The zero-order valence-electron chi connectivity index (χ0n) is 16.3. The van der Waals surface area contributed by atoms with Crippen molar-refractivity contribution in [1.29, 1.82) is 0 Å². The summed E-state index contributed by atoms with van der Waals surface area (Å²) in [6, 6.07) is 9.37. The highest BCUT2D eigenvalue weighted by Crippen LogP contribution is 2.30.